The summed E-state index contributed by atoms with van der Waals surface area (Å²) in [5.74, 6) is -1.14. The number of ether oxygens (including phenoxy) is 1. The van der Waals surface area contributed by atoms with E-state index in [9.17, 15) is 24.6 Å². The maximum atomic E-state index is 14.3. The number of rotatable bonds is 10. The van der Waals surface area contributed by atoms with Gasteiger partial charge in [0, 0.05) is 31.6 Å². The number of likely N-dealkylation sites (N-methyl/N-ethyl adjacent to an activating group) is 1. The van der Waals surface area contributed by atoms with E-state index >= 15 is 0 Å². The summed E-state index contributed by atoms with van der Waals surface area (Å²) in [4.78, 5) is 44.2. The van der Waals surface area contributed by atoms with Crippen LogP contribution in [0, 0.1) is 11.3 Å². The molecule has 54 heavy (non-hydrogen) atoms. The minimum atomic E-state index is -1.17. The van der Waals surface area contributed by atoms with Crippen molar-refractivity contribution in [3.63, 3.8) is 0 Å². The molecule has 2 heterocycles. The Kier molecular flexibility index (Phi) is 10.2. The number of aliphatic carboxylic acids is 1. The highest BCUT2D eigenvalue weighted by molar-refractivity contribution is 6.00. The number of carbonyl (C=O) groups excluding carboxylic acids is 2. The van der Waals surface area contributed by atoms with Crippen molar-refractivity contribution in [2.24, 2.45) is 0 Å². The van der Waals surface area contributed by atoms with Gasteiger partial charge in [0.25, 0.3) is 5.91 Å². The molecular formula is C44H40N4O6. The number of nitrogens with zero attached hydrogens (tertiary/aromatic N) is 3. The van der Waals surface area contributed by atoms with E-state index in [0.717, 1.165) is 33.4 Å². The molecule has 3 N–H and O–H groups in total. The highest BCUT2D eigenvalue weighted by Crippen LogP contribution is 2.43. The van der Waals surface area contributed by atoms with Crippen molar-refractivity contribution in [2.45, 2.75) is 57.0 Å². The Hall–Kier alpha value is -6.44. The number of nitriles is 1. The number of carboxylic acid groups (broad SMARTS) is 1. The van der Waals surface area contributed by atoms with Crippen molar-refractivity contribution in [1.29, 1.82) is 5.26 Å². The van der Waals surface area contributed by atoms with E-state index in [1.807, 2.05) is 78.9 Å². The van der Waals surface area contributed by atoms with E-state index in [2.05, 4.69) is 23.2 Å². The van der Waals surface area contributed by atoms with E-state index in [4.69, 9.17) is 10.00 Å². The van der Waals surface area contributed by atoms with Gasteiger partial charge in [-0.1, -0.05) is 85.8 Å². The van der Waals surface area contributed by atoms with Gasteiger partial charge in [0.1, 0.15) is 17.5 Å². The second-order valence-electron chi connectivity index (χ2n) is 13.8. The van der Waals surface area contributed by atoms with Crippen LogP contribution in [-0.2, 0) is 33.8 Å². The average Bonchev–Trinajstić information content (AvgIpc) is 3.19. The molecule has 272 valence electrons. The first kappa shape index (κ1) is 35.9. The van der Waals surface area contributed by atoms with Gasteiger partial charge >= 0.3 is 5.97 Å². The third kappa shape index (κ3) is 7.27. The fourth-order valence-electron chi connectivity index (χ4n) is 7.49. The normalized spacial score (nSPS) is 17.6. The van der Waals surface area contributed by atoms with Gasteiger partial charge < -0.3 is 25.2 Å². The molecule has 7 rings (SSSR count). The number of carbonyl (C=O) groups is 3. The van der Waals surface area contributed by atoms with Crippen molar-refractivity contribution in [1.82, 2.24) is 10.2 Å². The summed E-state index contributed by atoms with van der Waals surface area (Å²) in [6, 6.07) is 35.1. The molecule has 0 fully saturated rings. The maximum Gasteiger partial charge on any atom is 0.326 e. The lowest BCUT2D eigenvalue weighted by Crippen LogP contribution is -2.55. The molecule has 10 nitrogen and oxygen atoms in total. The summed E-state index contributed by atoms with van der Waals surface area (Å²) in [7, 11) is 1.69. The van der Waals surface area contributed by atoms with Crippen molar-refractivity contribution in [2.75, 3.05) is 11.9 Å². The van der Waals surface area contributed by atoms with Gasteiger partial charge in [-0.05, 0) is 82.6 Å². The number of amides is 2. The predicted octanol–water partition coefficient (Wildman–Crippen LogP) is 6.72. The van der Waals surface area contributed by atoms with Gasteiger partial charge in [-0.3, -0.25) is 14.5 Å². The van der Waals surface area contributed by atoms with Crippen LogP contribution in [0.15, 0.2) is 115 Å². The third-order valence-corrected chi connectivity index (χ3v) is 10.4. The SMILES string of the molecule is CC[C@H](c1ccccc1)N1Cc2cc3c(cc2C[C@H]1C(=O)N[C@@H](Cc1ccc(-c2ccc(C#N)cc2)cc1)C(=O)O)N(C)C(=O)[C@H](c1ccc(O)cc1)O3. The zero-order valence-corrected chi connectivity index (χ0v) is 30.0. The second-order valence-corrected chi connectivity index (χ2v) is 13.8. The van der Waals surface area contributed by atoms with E-state index < -0.39 is 24.2 Å². The first-order valence-electron chi connectivity index (χ1n) is 18.0. The number of benzene rings is 5. The number of hydrogen-bond donors (Lipinski definition) is 3. The number of aromatic hydroxyl groups is 1. The lowest BCUT2D eigenvalue weighted by Gasteiger charge is -2.42. The van der Waals surface area contributed by atoms with Gasteiger partial charge in [0.05, 0.1) is 23.4 Å². The third-order valence-electron chi connectivity index (χ3n) is 10.4. The Bertz CT molecular complexity index is 2220. The Morgan fingerprint density at radius 1 is 0.926 bits per heavy atom. The molecule has 2 aliphatic heterocycles. The minimum Gasteiger partial charge on any atom is -0.508 e. The van der Waals surface area contributed by atoms with Crippen LogP contribution in [0.4, 0.5) is 5.69 Å². The van der Waals surface area contributed by atoms with E-state index in [0.29, 0.717) is 42.0 Å². The van der Waals surface area contributed by atoms with Crippen molar-refractivity contribution < 1.29 is 29.3 Å². The van der Waals surface area contributed by atoms with E-state index in [1.165, 1.54) is 12.1 Å². The molecule has 0 aromatic heterocycles. The van der Waals surface area contributed by atoms with Gasteiger partial charge in [-0.2, -0.15) is 5.26 Å². The van der Waals surface area contributed by atoms with Crippen LogP contribution in [0.2, 0.25) is 0 Å². The van der Waals surface area contributed by atoms with Crippen LogP contribution in [0.5, 0.6) is 11.5 Å². The number of nitrogens with one attached hydrogen (secondary N) is 1. The Morgan fingerprint density at radius 2 is 1.59 bits per heavy atom. The lowest BCUT2D eigenvalue weighted by molar-refractivity contribution is -0.143. The van der Waals surface area contributed by atoms with E-state index in [1.54, 1.807) is 36.2 Å². The number of anilines is 1. The van der Waals surface area contributed by atoms with Crippen LogP contribution < -0.4 is 15.0 Å². The van der Waals surface area contributed by atoms with Crippen LogP contribution in [0.3, 0.4) is 0 Å². The first-order valence-corrected chi connectivity index (χ1v) is 18.0. The molecule has 0 bridgehead atoms. The van der Waals surface area contributed by atoms with Crippen molar-refractivity contribution >= 4 is 23.5 Å². The Labute approximate surface area is 313 Å². The molecular weight excluding hydrogens is 681 g/mol. The molecule has 10 heteroatoms. The minimum absolute atomic E-state index is 0.0911. The fraction of sp³-hybridized carbons (Fsp3) is 0.227. The maximum absolute atomic E-state index is 14.3. The summed E-state index contributed by atoms with van der Waals surface area (Å²) in [5, 5.41) is 32.1. The summed E-state index contributed by atoms with van der Waals surface area (Å²) in [6.45, 7) is 2.47. The lowest BCUT2D eigenvalue weighted by atomic mass is 9.88. The molecule has 0 unspecified atom stereocenters. The zero-order chi connectivity index (χ0) is 37.9. The molecule has 0 spiro atoms. The molecule has 0 radical (unpaired) electrons. The van der Waals surface area contributed by atoms with Crippen molar-refractivity contribution in [3.8, 4) is 28.7 Å². The van der Waals surface area contributed by atoms with Gasteiger partial charge in [-0.25, -0.2) is 4.79 Å². The molecule has 0 saturated heterocycles. The zero-order valence-electron chi connectivity index (χ0n) is 30.0. The van der Waals surface area contributed by atoms with Crippen LogP contribution in [-0.4, -0.2) is 52.0 Å². The quantitative estimate of drug-likeness (QED) is 0.144. The summed E-state index contributed by atoms with van der Waals surface area (Å²) < 4.78 is 6.32. The Balaban J connectivity index is 1.16. The number of carboxylic acids is 1. The highest BCUT2D eigenvalue weighted by Gasteiger charge is 2.40. The monoisotopic (exact) mass is 720 g/mol. The molecule has 0 saturated carbocycles. The predicted molar refractivity (Wildman–Crippen MR) is 204 cm³/mol. The number of phenolic OH excluding ortho intramolecular Hbond substituents is 1. The molecule has 2 amide bonds. The summed E-state index contributed by atoms with van der Waals surface area (Å²) in [6.07, 6.45) is 0.214. The van der Waals surface area contributed by atoms with Gasteiger partial charge in [0.15, 0.2) is 0 Å². The molecule has 0 aliphatic carbocycles. The average molecular weight is 721 g/mol. The first-order chi connectivity index (χ1) is 26.1. The van der Waals surface area contributed by atoms with Crippen LogP contribution in [0.25, 0.3) is 11.1 Å². The number of phenols is 1. The molecule has 5 aromatic rings. The van der Waals surface area contributed by atoms with Crippen molar-refractivity contribution in [3.05, 3.63) is 149 Å². The molecule has 4 atom stereocenters. The topological polar surface area (TPSA) is 143 Å². The molecule has 5 aromatic carbocycles. The number of hydrogen-bond acceptors (Lipinski definition) is 7. The highest BCUT2D eigenvalue weighted by atomic mass is 16.5. The smallest absolute Gasteiger partial charge is 0.326 e. The fourth-order valence-corrected chi connectivity index (χ4v) is 7.49. The van der Waals surface area contributed by atoms with Crippen LogP contribution >= 0.6 is 0 Å². The summed E-state index contributed by atoms with van der Waals surface area (Å²) >= 11 is 0. The second kappa shape index (κ2) is 15.3. The van der Waals surface area contributed by atoms with E-state index in [-0.39, 0.29) is 30.0 Å². The van der Waals surface area contributed by atoms with Gasteiger partial charge in [0.2, 0.25) is 12.0 Å². The largest absolute Gasteiger partial charge is 0.508 e. The number of fused-ring (bicyclic) bond motifs is 2. The van der Waals surface area contributed by atoms with Gasteiger partial charge in [-0.15, -0.1) is 0 Å². The standard InChI is InChI=1S/C44H40N4O6/c1-3-37(31-7-5-4-6-8-31)48-26-34-24-40-38(47(2)43(51)41(54-40)32-17-19-35(49)20-18-32)22-33(34)23-39(48)42(50)46-36(44(52)53)21-27-9-13-29(14-10-27)30-15-11-28(25-45)12-16-30/h4-20,22,24,36-37,39,41,49H,3,21,23,26H2,1-2H3,(H,46,50)(H,52,53)/t36-,37+,39-,41-/m0/s1. The Morgan fingerprint density at radius 3 is 2.22 bits per heavy atom. The molecule has 2 aliphatic rings. The van der Waals surface area contributed by atoms with Crippen LogP contribution in [0.1, 0.15) is 58.9 Å². The summed E-state index contributed by atoms with van der Waals surface area (Å²) in [5.41, 5.74) is 7.28.